The van der Waals surface area contributed by atoms with Crippen molar-refractivity contribution in [1.29, 1.82) is 0 Å². The van der Waals surface area contributed by atoms with Crippen molar-refractivity contribution in [1.82, 2.24) is 5.32 Å². The first kappa shape index (κ1) is 23.7. The number of thioether (sulfide) groups is 1. The van der Waals surface area contributed by atoms with Crippen LogP contribution in [0.2, 0.25) is 0 Å². The number of anilines is 1. The van der Waals surface area contributed by atoms with Crippen molar-refractivity contribution in [3.05, 3.63) is 78.3 Å². The van der Waals surface area contributed by atoms with E-state index in [1.54, 1.807) is 48.4 Å². The summed E-state index contributed by atoms with van der Waals surface area (Å²) < 4.78 is 38.6. The second kappa shape index (κ2) is 11.1. The van der Waals surface area contributed by atoms with Crippen molar-refractivity contribution in [3.8, 4) is 5.75 Å². The molecule has 1 N–H and O–H groups in total. The van der Waals surface area contributed by atoms with E-state index in [4.69, 9.17) is 9.15 Å². The van der Waals surface area contributed by atoms with Crippen LogP contribution in [0, 0.1) is 6.92 Å². The lowest BCUT2D eigenvalue weighted by Gasteiger charge is -2.26. The molecule has 0 saturated carbocycles. The number of aryl methyl sites for hydroxylation is 1. The molecule has 0 unspecified atom stereocenters. The molecule has 1 aromatic heterocycles. The van der Waals surface area contributed by atoms with Crippen LogP contribution in [0.5, 0.6) is 5.75 Å². The van der Waals surface area contributed by atoms with E-state index in [1.807, 2.05) is 25.1 Å². The van der Waals surface area contributed by atoms with Gasteiger partial charge in [0, 0.05) is 12.3 Å². The SMILES string of the molecule is COc1ccc(C)cc1N(CC(=O)NCCSCc1ccco1)S(=O)(=O)c1ccccc1. The number of nitrogens with zero attached hydrogens (tertiary/aromatic N) is 1. The molecule has 32 heavy (non-hydrogen) atoms. The molecule has 3 aromatic rings. The smallest absolute Gasteiger partial charge is 0.264 e. The van der Waals surface area contributed by atoms with Gasteiger partial charge in [0.05, 0.1) is 29.7 Å². The fourth-order valence-corrected chi connectivity index (χ4v) is 5.23. The average molecular weight is 475 g/mol. The van der Waals surface area contributed by atoms with Crippen LogP contribution in [-0.4, -0.2) is 40.3 Å². The molecule has 9 heteroatoms. The second-order valence-electron chi connectivity index (χ2n) is 6.98. The van der Waals surface area contributed by atoms with Crippen molar-refractivity contribution in [2.24, 2.45) is 0 Å². The van der Waals surface area contributed by atoms with Gasteiger partial charge in [-0.3, -0.25) is 9.10 Å². The Kier molecular flexibility index (Phi) is 8.24. The molecule has 0 aliphatic heterocycles. The highest BCUT2D eigenvalue weighted by Crippen LogP contribution is 2.33. The highest BCUT2D eigenvalue weighted by Gasteiger charge is 2.29. The third-order valence-corrected chi connectivity index (χ3v) is 7.37. The first-order valence-electron chi connectivity index (χ1n) is 10.0. The van der Waals surface area contributed by atoms with Gasteiger partial charge in [0.25, 0.3) is 10.0 Å². The summed E-state index contributed by atoms with van der Waals surface area (Å²) >= 11 is 1.62. The molecule has 0 radical (unpaired) electrons. The molecule has 0 atom stereocenters. The van der Waals surface area contributed by atoms with E-state index in [0.717, 1.165) is 15.6 Å². The Morgan fingerprint density at radius 1 is 1.12 bits per heavy atom. The van der Waals surface area contributed by atoms with Crippen molar-refractivity contribution < 1.29 is 22.4 Å². The first-order valence-corrected chi connectivity index (χ1v) is 12.6. The van der Waals surface area contributed by atoms with Crippen molar-refractivity contribution in [2.75, 3.05) is 30.3 Å². The zero-order valence-electron chi connectivity index (χ0n) is 18.0. The van der Waals surface area contributed by atoms with E-state index < -0.39 is 15.9 Å². The van der Waals surface area contributed by atoms with E-state index in [0.29, 0.717) is 29.5 Å². The Balaban J connectivity index is 1.74. The van der Waals surface area contributed by atoms with E-state index in [9.17, 15) is 13.2 Å². The highest BCUT2D eigenvalue weighted by atomic mass is 32.2. The lowest BCUT2D eigenvalue weighted by Crippen LogP contribution is -2.41. The number of nitrogens with one attached hydrogen (secondary N) is 1. The standard InChI is InChI=1S/C23H26N2O5S2/c1-18-10-11-22(29-2)21(15-18)25(32(27,28)20-8-4-3-5-9-20)16-23(26)24-12-14-31-17-19-7-6-13-30-19/h3-11,13,15H,12,14,16-17H2,1-2H3,(H,24,26). The summed E-state index contributed by atoms with van der Waals surface area (Å²) in [6, 6.07) is 17.0. The number of carbonyl (C=O) groups is 1. The summed E-state index contributed by atoms with van der Waals surface area (Å²) in [4.78, 5) is 12.8. The van der Waals surface area contributed by atoms with Crippen molar-refractivity contribution in [3.63, 3.8) is 0 Å². The van der Waals surface area contributed by atoms with Gasteiger partial charge in [0.1, 0.15) is 18.1 Å². The minimum Gasteiger partial charge on any atom is -0.495 e. The van der Waals surface area contributed by atoms with Crippen LogP contribution in [0.15, 0.2) is 76.2 Å². The van der Waals surface area contributed by atoms with Gasteiger partial charge < -0.3 is 14.5 Å². The lowest BCUT2D eigenvalue weighted by molar-refractivity contribution is -0.119. The Morgan fingerprint density at radius 2 is 1.91 bits per heavy atom. The summed E-state index contributed by atoms with van der Waals surface area (Å²) in [5, 5.41) is 2.80. The highest BCUT2D eigenvalue weighted by molar-refractivity contribution is 7.98. The topological polar surface area (TPSA) is 88.8 Å². The van der Waals surface area contributed by atoms with Crippen LogP contribution in [0.1, 0.15) is 11.3 Å². The third kappa shape index (κ3) is 6.08. The van der Waals surface area contributed by atoms with Gasteiger partial charge in [-0.15, -0.1) is 0 Å². The normalized spacial score (nSPS) is 11.2. The fraction of sp³-hybridized carbons (Fsp3) is 0.261. The summed E-state index contributed by atoms with van der Waals surface area (Å²) in [6.45, 7) is 1.90. The first-order chi connectivity index (χ1) is 15.4. The molecule has 0 fully saturated rings. The average Bonchev–Trinajstić information content (AvgIpc) is 3.31. The summed E-state index contributed by atoms with van der Waals surface area (Å²) in [5.74, 6) is 2.22. The zero-order chi connectivity index (χ0) is 23.0. The van der Waals surface area contributed by atoms with Gasteiger partial charge in [0.2, 0.25) is 5.91 Å². The molecule has 1 heterocycles. The number of benzene rings is 2. The minimum atomic E-state index is -3.99. The molecule has 0 aliphatic carbocycles. The van der Waals surface area contributed by atoms with Gasteiger partial charge in [-0.1, -0.05) is 24.3 Å². The molecule has 0 bridgehead atoms. The molecule has 170 valence electrons. The van der Waals surface area contributed by atoms with Crippen LogP contribution in [-0.2, 0) is 20.6 Å². The Morgan fingerprint density at radius 3 is 2.59 bits per heavy atom. The lowest BCUT2D eigenvalue weighted by atomic mass is 10.2. The molecular formula is C23H26N2O5S2. The molecule has 0 saturated heterocycles. The Labute approximate surface area is 192 Å². The van der Waals surface area contributed by atoms with Crippen molar-refractivity contribution in [2.45, 2.75) is 17.6 Å². The van der Waals surface area contributed by atoms with Gasteiger partial charge in [0.15, 0.2) is 0 Å². The van der Waals surface area contributed by atoms with Crippen LogP contribution in [0.4, 0.5) is 5.69 Å². The molecule has 3 rings (SSSR count). The van der Waals surface area contributed by atoms with Crippen LogP contribution in [0.3, 0.4) is 0 Å². The maximum atomic E-state index is 13.4. The monoisotopic (exact) mass is 474 g/mol. The molecule has 7 nitrogen and oxygen atoms in total. The fourth-order valence-electron chi connectivity index (χ4n) is 3.03. The van der Waals surface area contributed by atoms with Gasteiger partial charge in [-0.05, 0) is 48.9 Å². The Bertz CT molecular complexity index is 1120. The third-order valence-electron chi connectivity index (χ3n) is 4.61. The zero-order valence-corrected chi connectivity index (χ0v) is 19.6. The van der Waals surface area contributed by atoms with Crippen LogP contribution >= 0.6 is 11.8 Å². The maximum absolute atomic E-state index is 13.4. The number of methoxy groups -OCH3 is 1. The van der Waals surface area contributed by atoms with Crippen LogP contribution < -0.4 is 14.4 Å². The number of hydrogen-bond donors (Lipinski definition) is 1. The predicted octanol–water partition coefficient (Wildman–Crippen LogP) is 3.84. The Hall–Kier alpha value is -2.91. The number of ether oxygens (including phenoxy) is 1. The number of hydrogen-bond acceptors (Lipinski definition) is 6. The summed E-state index contributed by atoms with van der Waals surface area (Å²) in [5.41, 5.74) is 1.17. The second-order valence-corrected chi connectivity index (χ2v) is 9.95. The number of furan rings is 1. The quantitative estimate of drug-likeness (QED) is 0.425. The number of sulfonamides is 1. The van der Waals surface area contributed by atoms with Gasteiger partial charge >= 0.3 is 0 Å². The molecule has 1 amide bonds. The molecular weight excluding hydrogens is 448 g/mol. The predicted molar refractivity (Wildman–Crippen MR) is 127 cm³/mol. The molecule has 0 aliphatic rings. The van der Waals surface area contributed by atoms with E-state index in [2.05, 4.69) is 5.32 Å². The number of carbonyl (C=O) groups excluding carboxylic acids is 1. The van der Waals surface area contributed by atoms with Crippen molar-refractivity contribution >= 4 is 33.4 Å². The number of amides is 1. The van der Waals surface area contributed by atoms with Crippen LogP contribution in [0.25, 0.3) is 0 Å². The number of rotatable bonds is 11. The largest absolute Gasteiger partial charge is 0.495 e. The van der Waals surface area contributed by atoms with E-state index in [-0.39, 0.29) is 11.4 Å². The summed E-state index contributed by atoms with van der Waals surface area (Å²) in [6.07, 6.45) is 1.62. The van der Waals surface area contributed by atoms with Gasteiger partial charge in [-0.25, -0.2) is 8.42 Å². The minimum absolute atomic E-state index is 0.102. The summed E-state index contributed by atoms with van der Waals surface area (Å²) in [7, 11) is -2.52. The van der Waals surface area contributed by atoms with E-state index in [1.165, 1.54) is 19.2 Å². The van der Waals surface area contributed by atoms with Gasteiger partial charge in [-0.2, -0.15) is 11.8 Å². The molecule has 0 spiro atoms. The van der Waals surface area contributed by atoms with E-state index >= 15 is 0 Å². The maximum Gasteiger partial charge on any atom is 0.264 e. The molecule has 2 aromatic carbocycles.